The molecule has 9 nitrogen and oxygen atoms in total. The number of aromatic nitrogens is 2. The number of nitrogens with zero attached hydrogens (tertiary/aromatic N) is 7. The molecule has 0 N–H and O–H groups in total. The third-order valence-electron chi connectivity index (χ3n) is 9.64. The SMILES string of the molecule is [C-]#[N+]C[C@H]1CN(c2nc(OC[C@@H]3CCN3C3CC3)nc3c2CCN(c2cccc4cccc(C)c24)C3)CCN1C(=O)C(=C)F. The van der Waals surface area contributed by atoms with Gasteiger partial charge >= 0.3 is 6.01 Å². The van der Waals surface area contributed by atoms with Crippen LogP contribution in [0.2, 0.25) is 0 Å². The van der Waals surface area contributed by atoms with Crippen LogP contribution in [0.25, 0.3) is 15.6 Å². The van der Waals surface area contributed by atoms with Crippen molar-refractivity contribution in [1.82, 2.24) is 19.8 Å². The Balaban J connectivity index is 1.20. The molecule has 0 spiro atoms. The highest BCUT2D eigenvalue weighted by atomic mass is 19.1. The summed E-state index contributed by atoms with van der Waals surface area (Å²) < 4.78 is 20.2. The average Bonchev–Trinajstić information content (AvgIpc) is 3.84. The number of piperazine rings is 1. The minimum absolute atomic E-state index is 0.0824. The van der Waals surface area contributed by atoms with Crippen molar-refractivity contribution in [1.29, 1.82) is 0 Å². The number of ether oxygens (including phenoxy) is 1. The molecule has 0 unspecified atom stereocenters. The van der Waals surface area contributed by atoms with Gasteiger partial charge in [-0.25, -0.2) is 11.0 Å². The van der Waals surface area contributed by atoms with E-state index < -0.39 is 17.8 Å². The number of amides is 1. The highest BCUT2D eigenvalue weighted by molar-refractivity contribution is 5.97. The molecule has 2 aromatic carbocycles. The molecule has 44 heavy (non-hydrogen) atoms. The molecule has 1 saturated carbocycles. The molecule has 3 fully saturated rings. The minimum Gasteiger partial charge on any atom is -0.462 e. The lowest BCUT2D eigenvalue weighted by atomic mass is 9.99. The molecule has 3 aromatic rings. The van der Waals surface area contributed by atoms with Crippen molar-refractivity contribution in [3.63, 3.8) is 0 Å². The van der Waals surface area contributed by atoms with E-state index in [1.54, 1.807) is 0 Å². The molecule has 4 heterocycles. The molecule has 3 aliphatic heterocycles. The van der Waals surface area contributed by atoms with Crippen molar-refractivity contribution in [2.45, 2.75) is 57.3 Å². The lowest BCUT2D eigenvalue weighted by Gasteiger charge is -2.41. The number of halogens is 1. The van der Waals surface area contributed by atoms with Crippen LogP contribution in [0.5, 0.6) is 6.01 Å². The van der Waals surface area contributed by atoms with Gasteiger partial charge in [0.05, 0.1) is 12.2 Å². The Morgan fingerprint density at radius 1 is 1.07 bits per heavy atom. The normalized spacial score (nSPS) is 21.9. The van der Waals surface area contributed by atoms with Crippen LogP contribution in [0.15, 0.2) is 48.8 Å². The summed E-state index contributed by atoms with van der Waals surface area (Å²) in [6.45, 7) is 17.2. The molecular weight excluding hydrogens is 557 g/mol. The first-order chi connectivity index (χ1) is 21.4. The van der Waals surface area contributed by atoms with Gasteiger partial charge in [-0.1, -0.05) is 36.9 Å². The molecule has 0 radical (unpaired) electrons. The number of rotatable bonds is 8. The second-order valence-corrected chi connectivity index (χ2v) is 12.4. The van der Waals surface area contributed by atoms with E-state index in [-0.39, 0.29) is 13.1 Å². The van der Waals surface area contributed by atoms with Crippen molar-refractivity contribution in [2.24, 2.45) is 0 Å². The van der Waals surface area contributed by atoms with E-state index in [1.165, 1.54) is 39.8 Å². The first-order valence-corrected chi connectivity index (χ1v) is 15.7. The Morgan fingerprint density at radius 2 is 1.89 bits per heavy atom. The van der Waals surface area contributed by atoms with Crippen LogP contribution in [0.3, 0.4) is 0 Å². The maximum absolute atomic E-state index is 13.8. The van der Waals surface area contributed by atoms with E-state index >= 15 is 0 Å². The quantitative estimate of drug-likeness (QED) is 0.280. The monoisotopic (exact) mass is 595 g/mol. The zero-order valence-corrected chi connectivity index (χ0v) is 25.2. The zero-order valence-electron chi connectivity index (χ0n) is 25.2. The van der Waals surface area contributed by atoms with Gasteiger partial charge < -0.3 is 24.3 Å². The summed E-state index contributed by atoms with van der Waals surface area (Å²) in [5.41, 5.74) is 4.45. The number of hydrogen-bond donors (Lipinski definition) is 0. The highest BCUT2D eigenvalue weighted by Gasteiger charge is 2.40. The number of fused-ring (bicyclic) bond motifs is 2. The van der Waals surface area contributed by atoms with Crippen LogP contribution in [0.4, 0.5) is 15.9 Å². The van der Waals surface area contributed by atoms with Gasteiger partial charge in [-0.3, -0.25) is 9.69 Å². The summed E-state index contributed by atoms with van der Waals surface area (Å²) >= 11 is 0. The molecule has 0 bridgehead atoms. The Labute approximate surface area is 257 Å². The molecule has 1 aliphatic carbocycles. The van der Waals surface area contributed by atoms with E-state index in [0.717, 1.165) is 43.0 Å². The molecule has 1 amide bonds. The summed E-state index contributed by atoms with van der Waals surface area (Å²) in [7, 11) is 0. The Hall–Kier alpha value is -4.23. The molecule has 228 valence electrons. The summed E-state index contributed by atoms with van der Waals surface area (Å²) in [4.78, 5) is 34.6. The Bertz CT molecular complexity index is 1650. The van der Waals surface area contributed by atoms with Gasteiger partial charge in [0.2, 0.25) is 6.54 Å². The van der Waals surface area contributed by atoms with Gasteiger partial charge in [0, 0.05) is 61.4 Å². The van der Waals surface area contributed by atoms with Crippen molar-refractivity contribution in [3.8, 4) is 6.01 Å². The number of likely N-dealkylation sites (tertiary alicyclic amines) is 1. The van der Waals surface area contributed by atoms with Crippen LogP contribution in [0.1, 0.15) is 36.1 Å². The third kappa shape index (κ3) is 5.34. The predicted molar refractivity (Wildman–Crippen MR) is 169 cm³/mol. The standard InChI is InChI=1S/C34H38FN7O2/c1-22-6-4-7-24-8-5-9-30(31(22)24)39-14-13-28-29(20-39)37-34(44-21-26-12-15-41(26)25-10-11-25)38-32(28)40-16-17-42(33(43)23(2)35)27(19-40)18-36-3/h4-9,25-27H,2,10-21H2,1H3/t26-,27-/m0/s1. The smallest absolute Gasteiger partial charge is 0.318 e. The molecule has 2 saturated heterocycles. The molecule has 10 heteroatoms. The highest BCUT2D eigenvalue weighted by Crippen LogP contribution is 2.37. The maximum atomic E-state index is 13.8. The van der Waals surface area contributed by atoms with Gasteiger partial charge in [-0.2, -0.15) is 9.97 Å². The first kappa shape index (κ1) is 28.5. The number of anilines is 2. The fourth-order valence-electron chi connectivity index (χ4n) is 7.12. The van der Waals surface area contributed by atoms with Gasteiger partial charge in [0.1, 0.15) is 18.5 Å². The Kier molecular flexibility index (Phi) is 7.58. The largest absolute Gasteiger partial charge is 0.462 e. The van der Waals surface area contributed by atoms with Gasteiger partial charge in [0.25, 0.3) is 5.91 Å². The van der Waals surface area contributed by atoms with Gasteiger partial charge in [-0.05, 0) is 49.6 Å². The number of carbonyl (C=O) groups excluding carboxylic acids is 1. The van der Waals surface area contributed by atoms with Crippen molar-refractivity contribution < 1.29 is 13.9 Å². The first-order valence-electron chi connectivity index (χ1n) is 15.7. The summed E-state index contributed by atoms with van der Waals surface area (Å²) in [6, 6.07) is 13.9. The topological polar surface area (TPSA) is 69.4 Å². The van der Waals surface area contributed by atoms with Crippen molar-refractivity contribution in [2.75, 3.05) is 55.7 Å². The second kappa shape index (κ2) is 11.7. The van der Waals surface area contributed by atoms with Crippen molar-refractivity contribution >= 4 is 28.2 Å². The van der Waals surface area contributed by atoms with Crippen LogP contribution in [-0.2, 0) is 17.8 Å². The molecule has 4 aliphatic rings. The van der Waals surface area contributed by atoms with E-state index in [4.69, 9.17) is 21.3 Å². The van der Waals surface area contributed by atoms with E-state index in [2.05, 4.69) is 69.4 Å². The van der Waals surface area contributed by atoms with E-state index in [9.17, 15) is 9.18 Å². The Morgan fingerprint density at radius 3 is 2.61 bits per heavy atom. The number of hydrogen-bond acceptors (Lipinski definition) is 7. The van der Waals surface area contributed by atoms with E-state index in [0.29, 0.717) is 44.3 Å². The number of benzene rings is 2. The molecular formula is C34H38FN7O2. The second-order valence-electron chi connectivity index (χ2n) is 12.4. The molecule has 7 rings (SSSR count). The summed E-state index contributed by atoms with van der Waals surface area (Å²) in [5.74, 6) is -0.940. The summed E-state index contributed by atoms with van der Waals surface area (Å²) in [6.07, 6.45) is 4.42. The maximum Gasteiger partial charge on any atom is 0.318 e. The van der Waals surface area contributed by atoms with Crippen LogP contribution < -0.4 is 14.5 Å². The summed E-state index contributed by atoms with van der Waals surface area (Å²) in [5, 5.41) is 2.47. The lowest BCUT2D eigenvalue weighted by Crippen LogP contribution is -2.57. The number of aryl methyl sites for hydroxylation is 1. The van der Waals surface area contributed by atoms with Crippen LogP contribution in [-0.4, -0.2) is 89.7 Å². The van der Waals surface area contributed by atoms with E-state index in [1.807, 2.05) is 0 Å². The third-order valence-corrected chi connectivity index (χ3v) is 9.64. The number of carbonyl (C=O) groups is 1. The minimum atomic E-state index is -0.997. The van der Waals surface area contributed by atoms with Crippen LogP contribution >= 0.6 is 0 Å². The van der Waals surface area contributed by atoms with Gasteiger partial charge in [-0.15, -0.1) is 0 Å². The predicted octanol–water partition coefficient (Wildman–Crippen LogP) is 4.54. The fraction of sp³-hybridized carbons (Fsp3) is 0.471. The van der Waals surface area contributed by atoms with Crippen LogP contribution in [0, 0.1) is 13.5 Å². The molecule has 2 atom stereocenters. The van der Waals surface area contributed by atoms with Crippen molar-refractivity contribution in [3.05, 3.63) is 77.0 Å². The zero-order chi connectivity index (χ0) is 30.4. The van der Waals surface area contributed by atoms with Gasteiger partial charge in [0.15, 0.2) is 5.83 Å². The average molecular weight is 596 g/mol. The fourth-order valence-corrected chi connectivity index (χ4v) is 7.12. The molecule has 1 aromatic heterocycles. The lowest BCUT2D eigenvalue weighted by molar-refractivity contribution is -0.131.